The summed E-state index contributed by atoms with van der Waals surface area (Å²) in [4.78, 5) is 4.27. The number of aryl methyl sites for hydroxylation is 1. The lowest BCUT2D eigenvalue weighted by Crippen LogP contribution is -2.43. The molecule has 1 unspecified atom stereocenters. The second-order valence-electron chi connectivity index (χ2n) is 5.34. The molecule has 2 N–H and O–H groups in total. The van der Waals surface area contributed by atoms with Crippen molar-refractivity contribution >= 4 is 5.96 Å². The van der Waals surface area contributed by atoms with E-state index in [1.54, 1.807) is 13.2 Å². The van der Waals surface area contributed by atoms with E-state index in [0.717, 1.165) is 31.9 Å². The molecule has 0 fully saturated rings. The van der Waals surface area contributed by atoms with Crippen LogP contribution in [0.15, 0.2) is 53.8 Å². The van der Waals surface area contributed by atoms with Crippen LogP contribution in [0.25, 0.3) is 0 Å². The van der Waals surface area contributed by atoms with Crippen LogP contribution >= 0.6 is 0 Å². The third-order valence-corrected chi connectivity index (χ3v) is 3.51. The highest BCUT2D eigenvalue weighted by Crippen LogP contribution is 2.04. The molecular weight excluding hydrogens is 274 g/mol. The highest BCUT2D eigenvalue weighted by Gasteiger charge is 2.05. The van der Waals surface area contributed by atoms with E-state index >= 15 is 0 Å². The summed E-state index contributed by atoms with van der Waals surface area (Å²) in [6.07, 6.45) is 5.89. The molecule has 118 valence electrons. The SMILES string of the molecule is CN=C(NCCn1cccn1)NC(C)CCc1ccccc1. The lowest BCUT2D eigenvalue weighted by molar-refractivity contribution is 0.571. The van der Waals surface area contributed by atoms with Crippen molar-refractivity contribution < 1.29 is 0 Å². The fourth-order valence-corrected chi connectivity index (χ4v) is 2.25. The molecule has 22 heavy (non-hydrogen) atoms. The number of guanidine groups is 1. The van der Waals surface area contributed by atoms with Crippen LogP contribution in [0.1, 0.15) is 18.9 Å². The Morgan fingerprint density at radius 3 is 2.77 bits per heavy atom. The van der Waals surface area contributed by atoms with E-state index < -0.39 is 0 Å². The van der Waals surface area contributed by atoms with E-state index in [-0.39, 0.29) is 0 Å². The maximum atomic E-state index is 4.27. The van der Waals surface area contributed by atoms with Crippen LogP contribution in [0.4, 0.5) is 0 Å². The second-order valence-corrected chi connectivity index (χ2v) is 5.34. The lowest BCUT2D eigenvalue weighted by atomic mass is 10.1. The van der Waals surface area contributed by atoms with E-state index in [0.29, 0.717) is 6.04 Å². The molecule has 0 aliphatic carbocycles. The van der Waals surface area contributed by atoms with E-state index in [1.165, 1.54) is 5.56 Å². The first-order chi connectivity index (χ1) is 10.8. The van der Waals surface area contributed by atoms with Crippen LogP contribution in [-0.4, -0.2) is 35.4 Å². The molecule has 5 heteroatoms. The Bertz CT molecular complexity index is 548. The molecule has 0 saturated heterocycles. The Hall–Kier alpha value is -2.30. The molecule has 0 bridgehead atoms. The minimum absolute atomic E-state index is 0.371. The maximum Gasteiger partial charge on any atom is 0.191 e. The molecule has 0 spiro atoms. The van der Waals surface area contributed by atoms with Gasteiger partial charge in [-0.1, -0.05) is 30.3 Å². The summed E-state index contributed by atoms with van der Waals surface area (Å²) in [6.45, 7) is 3.81. The molecule has 1 aromatic carbocycles. The zero-order valence-corrected chi connectivity index (χ0v) is 13.4. The van der Waals surface area contributed by atoms with E-state index in [9.17, 15) is 0 Å². The number of rotatable bonds is 7. The molecule has 0 saturated carbocycles. The molecule has 0 aliphatic rings. The van der Waals surface area contributed by atoms with Crippen LogP contribution < -0.4 is 10.6 Å². The van der Waals surface area contributed by atoms with Crippen molar-refractivity contribution in [3.63, 3.8) is 0 Å². The predicted molar refractivity (Wildman–Crippen MR) is 90.9 cm³/mol. The topological polar surface area (TPSA) is 54.2 Å². The second kappa shape index (κ2) is 8.87. The molecule has 1 aromatic heterocycles. The van der Waals surface area contributed by atoms with Gasteiger partial charge in [-0.3, -0.25) is 9.67 Å². The number of nitrogens with one attached hydrogen (secondary N) is 2. The lowest BCUT2D eigenvalue weighted by Gasteiger charge is -2.18. The fraction of sp³-hybridized carbons (Fsp3) is 0.412. The Morgan fingerprint density at radius 2 is 2.09 bits per heavy atom. The standard InChI is InChI=1S/C17H25N5/c1-15(9-10-16-7-4-3-5-8-16)21-17(18-2)19-12-14-22-13-6-11-20-22/h3-8,11,13,15H,9-10,12,14H2,1-2H3,(H2,18,19,21). The zero-order chi connectivity index (χ0) is 15.6. The largest absolute Gasteiger partial charge is 0.355 e. The monoisotopic (exact) mass is 299 g/mol. The highest BCUT2D eigenvalue weighted by atomic mass is 15.3. The summed E-state index contributed by atoms with van der Waals surface area (Å²) in [5.41, 5.74) is 1.37. The van der Waals surface area contributed by atoms with E-state index in [4.69, 9.17) is 0 Å². The smallest absolute Gasteiger partial charge is 0.191 e. The number of aromatic nitrogens is 2. The van der Waals surface area contributed by atoms with Gasteiger partial charge in [-0.15, -0.1) is 0 Å². The van der Waals surface area contributed by atoms with Gasteiger partial charge in [0.2, 0.25) is 0 Å². The summed E-state index contributed by atoms with van der Waals surface area (Å²) >= 11 is 0. The first kappa shape index (κ1) is 16.1. The first-order valence-electron chi connectivity index (χ1n) is 7.76. The Kier molecular flexibility index (Phi) is 6.48. The van der Waals surface area contributed by atoms with Crippen LogP contribution in [0.3, 0.4) is 0 Å². The van der Waals surface area contributed by atoms with Crippen LogP contribution in [-0.2, 0) is 13.0 Å². The first-order valence-corrected chi connectivity index (χ1v) is 7.76. The average Bonchev–Trinajstić information content (AvgIpc) is 3.06. The van der Waals surface area contributed by atoms with Gasteiger partial charge in [0.05, 0.1) is 6.54 Å². The number of nitrogens with zero attached hydrogens (tertiary/aromatic N) is 3. The van der Waals surface area contributed by atoms with Crippen molar-refractivity contribution in [2.75, 3.05) is 13.6 Å². The van der Waals surface area contributed by atoms with Crippen molar-refractivity contribution in [1.29, 1.82) is 0 Å². The maximum absolute atomic E-state index is 4.27. The van der Waals surface area contributed by atoms with Gasteiger partial charge < -0.3 is 10.6 Å². The van der Waals surface area contributed by atoms with Gasteiger partial charge in [0.15, 0.2) is 5.96 Å². The van der Waals surface area contributed by atoms with Gasteiger partial charge >= 0.3 is 0 Å². The average molecular weight is 299 g/mol. The highest BCUT2D eigenvalue weighted by molar-refractivity contribution is 5.79. The van der Waals surface area contributed by atoms with Crippen molar-refractivity contribution in [2.45, 2.75) is 32.4 Å². The molecule has 0 radical (unpaired) electrons. The molecule has 5 nitrogen and oxygen atoms in total. The Morgan fingerprint density at radius 1 is 1.27 bits per heavy atom. The van der Waals surface area contributed by atoms with Crippen LogP contribution in [0, 0.1) is 0 Å². The minimum Gasteiger partial charge on any atom is -0.355 e. The predicted octanol–water partition coefficient (Wildman–Crippen LogP) is 2.07. The number of aliphatic imine (C=N–C) groups is 1. The summed E-state index contributed by atoms with van der Waals surface area (Å²) < 4.78 is 1.90. The summed E-state index contributed by atoms with van der Waals surface area (Å²) in [5.74, 6) is 0.840. The third-order valence-electron chi connectivity index (χ3n) is 3.51. The Labute approximate surface area is 132 Å². The molecule has 1 heterocycles. The van der Waals surface area contributed by atoms with Gasteiger partial charge in [-0.25, -0.2) is 0 Å². The van der Waals surface area contributed by atoms with Crippen molar-refractivity contribution in [1.82, 2.24) is 20.4 Å². The van der Waals surface area contributed by atoms with Gasteiger partial charge in [-0.05, 0) is 31.4 Å². The Balaban J connectivity index is 1.68. The van der Waals surface area contributed by atoms with E-state index in [1.807, 2.05) is 16.9 Å². The summed E-state index contributed by atoms with van der Waals surface area (Å²) in [7, 11) is 1.80. The van der Waals surface area contributed by atoms with Gasteiger partial charge in [0.1, 0.15) is 0 Å². The fourth-order valence-electron chi connectivity index (χ4n) is 2.25. The van der Waals surface area contributed by atoms with Crippen LogP contribution in [0.5, 0.6) is 0 Å². The van der Waals surface area contributed by atoms with Crippen LogP contribution in [0.2, 0.25) is 0 Å². The van der Waals surface area contributed by atoms with Gasteiger partial charge in [0.25, 0.3) is 0 Å². The van der Waals surface area contributed by atoms with Crippen molar-refractivity contribution in [2.24, 2.45) is 4.99 Å². The minimum atomic E-state index is 0.371. The molecular formula is C17H25N5. The zero-order valence-electron chi connectivity index (χ0n) is 13.4. The van der Waals surface area contributed by atoms with Crippen molar-refractivity contribution in [3.8, 4) is 0 Å². The molecule has 0 amide bonds. The molecule has 2 rings (SSSR count). The summed E-state index contributed by atoms with van der Waals surface area (Å²) in [5, 5.41) is 10.9. The quantitative estimate of drug-likeness (QED) is 0.608. The van der Waals surface area contributed by atoms with Crippen molar-refractivity contribution in [3.05, 3.63) is 54.4 Å². The summed E-state index contributed by atoms with van der Waals surface area (Å²) in [6, 6.07) is 12.9. The number of hydrogen-bond donors (Lipinski definition) is 2. The molecule has 2 aromatic rings. The third kappa shape index (κ3) is 5.60. The normalized spacial score (nSPS) is 12.9. The van der Waals surface area contributed by atoms with Gasteiger partial charge in [0, 0.05) is 32.0 Å². The number of hydrogen-bond acceptors (Lipinski definition) is 2. The molecule has 0 aliphatic heterocycles. The van der Waals surface area contributed by atoms with Gasteiger partial charge in [-0.2, -0.15) is 5.10 Å². The molecule has 1 atom stereocenters. The van der Waals surface area contributed by atoms with E-state index in [2.05, 4.69) is 58.0 Å². The number of benzene rings is 1.